The van der Waals surface area contributed by atoms with Gasteiger partial charge >= 0.3 is 0 Å². The molecule has 8 heterocycles. The number of anilines is 4. The summed E-state index contributed by atoms with van der Waals surface area (Å²) in [5, 5.41) is 16.6. The fraction of sp³-hybridized carbons (Fsp3) is 0.261. The van der Waals surface area contributed by atoms with Crippen LogP contribution in [0.15, 0.2) is 98.4 Å². The van der Waals surface area contributed by atoms with Crippen LogP contribution >= 0.6 is 0 Å². The number of amides is 2. The van der Waals surface area contributed by atoms with Crippen LogP contribution in [-0.2, 0) is 29.6 Å². The average molecular weight is 955 g/mol. The number of rotatable bonds is 12. The van der Waals surface area contributed by atoms with Crippen molar-refractivity contribution in [2.75, 3.05) is 33.6 Å². The molecule has 4 atom stereocenters. The summed E-state index contributed by atoms with van der Waals surface area (Å²) in [5.41, 5.74) is 19.0. The highest BCUT2D eigenvalue weighted by molar-refractivity contribution is 7.90. The molecule has 2 aliphatic carbocycles. The van der Waals surface area contributed by atoms with Gasteiger partial charge in [-0.3, -0.25) is 19.6 Å². The first-order valence-corrected chi connectivity index (χ1v) is 24.9. The van der Waals surface area contributed by atoms with E-state index in [2.05, 4.69) is 50.7 Å². The van der Waals surface area contributed by atoms with Crippen LogP contribution in [0.1, 0.15) is 60.8 Å². The third-order valence-corrected chi connectivity index (χ3v) is 15.2. The molecule has 0 unspecified atom stereocenters. The molecule has 0 spiro atoms. The lowest BCUT2D eigenvalue weighted by Gasteiger charge is -2.10. The number of carbonyl (C=O) groups is 2. The van der Waals surface area contributed by atoms with Gasteiger partial charge in [0.25, 0.3) is 20.0 Å². The summed E-state index contributed by atoms with van der Waals surface area (Å²) in [4.78, 5) is 51.6. The van der Waals surface area contributed by atoms with Crippen molar-refractivity contribution in [2.45, 2.75) is 52.4 Å². The Labute approximate surface area is 390 Å². The normalized spacial score (nSPS) is 17.6. The van der Waals surface area contributed by atoms with Gasteiger partial charge in [0.2, 0.25) is 11.8 Å². The van der Waals surface area contributed by atoms with E-state index in [0.29, 0.717) is 58.3 Å². The topological polar surface area (TPSA) is 291 Å². The molecule has 22 heteroatoms. The van der Waals surface area contributed by atoms with Crippen LogP contribution in [0.3, 0.4) is 0 Å². The molecule has 10 rings (SSSR count). The predicted octanol–water partition coefficient (Wildman–Crippen LogP) is 5.44. The lowest BCUT2D eigenvalue weighted by atomic mass is 10.1. The van der Waals surface area contributed by atoms with Crippen molar-refractivity contribution >= 4 is 76.7 Å². The highest BCUT2D eigenvalue weighted by atomic mass is 32.2. The summed E-state index contributed by atoms with van der Waals surface area (Å²) in [6.45, 7) is 7.08. The third kappa shape index (κ3) is 9.19. The highest BCUT2D eigenvalue weighted by Gasteiger charge is 2.46. The average Bonchev–Trinajstić information content (AvgIpc) is 4.19. The summed E-state index contributed by atoms with van der Waals surface area (Å²) in [6.07, 6.45) is 17.4. The Morgan fingerprint density at radius 1 is 0.632 bits per heavy atom. The number of fused-ring (bicyclic) bond motifs is 2. The zero-order chi connectivity index (χ0) is 48.1. The number of carbonyl (C=O) groups excluding carboxylic acids is 2. The van der Waals surface area contributed by atoms with E-state index < -0.39 is 20.0 Å². The van der Waals surface area contributed by atoms with Crippen LogP contribution in [0.25, 0.3) is 44.1 Å². The molecule has 20 nitrogen and oxygen atoms in total. The van der Waals surface area contributed by atoms with Crippen molar-refractivity contribution in [1.82, 2.24) is 48.3 Å². The van der Waals surface area contributed by atoms with E-state index in [9.17, 15) is 26.4 Å². The number of aromatic nitrogens is 10. The number of hydrogen-bond donors (Lipinski definition) is 4. The molecule has 0 aliphatic heterocycles. The molecule has 8 aromatic heterocycles. The number of hydrogen-bond acceptors (Lipinski definition) is 16. The summed E-state index contributed by atoms with van der Waals surface area (Å²) in [5.74, 6) is 0.413. The number of nitrogens with one attached hydrogen (secondary N) is 2. The molecule has 0 aromatic carbocycles. The minimum Gasteiger partial charge on any atom is -0.383 e. The smallest absolute Gasteiger partial charge is 0.253 e. The first-order chi connectivity index (χ1) is 32.5. The quantitative estimate of drug-likeness (QED) is 0.119. The minimum atomic E-state index is -3.44. The zero-order valence-electron chi connectivity index (χ0n) is 37.3. The van der Waals surface area contributed by atoms with Gasteiger partial charge in [-0.15, -0.1) is 0 Å². The summed E-state index contributed by atoms with van der Waals surface area (Å²) in [7, 11) is -6.89. The predicted molar refractivity (Wildman–Crippen MR) is 257 cm³/mol. The van der Waals surface area contributed by atoms with Gasteiger partial charge in [0, 0.05) is 83.3 Å². The van der Waals surface area contributed by atoms with E-state index >= 15 is 0 Å². The van der Waals surface area contributed by atoms with E-state index in [1.807, 2.05) is 38.1 Å². The van der Waals surface area contributed by atoms with Crippen LogP contribution in [0, 0.1) is 25.7 Å². The second-order valence-corrected chi connectivity index (χ2v) is 20.9. The Hall–Kier alpha value is -7.72. The van der Waals surface area contributed by atoms with Crippen molar-refractivity contribution in [1.29, 1.82) is 0 Å². The van der Waals surface area contributed by atoms with Crippen molar-refractivity contribution in [2.24, 2.45) is 11.8 Å². The highest BCUT2D eigenvalue weighted by Crippen LogP contribution is 2.49. The first-order valence-electron chi connectivity index (χ1n) is 21.6. The standard InChI is InChI=1S/2C23H23N7O3S/c2*1-3-34(32,33)30-12-15(9-27-30)16-8-17(16)23(31)29-21-7-14-6-20(18-10-25-5-4-13(18)2)28-22(24)19(14)11-26-21/h2*4-7,9-12,16-17H,3,8H2,1-2H3,(H2,24,28)(H,26,29,31)/t2*16-,17+/m10/s1. The van der Waals surface area contributed by atoms with Gasteiger partial charge < -0.3 is 22.1 Å². The summed E-state index contributed by atoms with van der Waals surface area (Å²) < 4.78 is 49.8. The van der Waals surface area contributed by atoms with Crippen LogP contribution in [0.5, 0.6) is 0 Å². The molecular weight excluding hydrogens is 909 g/mol. The van der Waals surface area contributed by atoms with E-state index in [4.69, 9.17) is 11.5 Å². The van der Waals surface area contributed by atoms with Gasteiger partial charge in [-0.1, -0.05) is 0 Å². The maximum absolute atomic E-state index is 12.8. The molecular formula is C46H46N14O6S2. The van der Waals surface area contributed by atoms with Crippen molar-refractivity contribution < 1.29 is 26.4 Å². The summed E-state index contributed by atoms with van der Waals surface area (Å²) in [6, 6.07) is 11.1. The Kier molecular flexibility index (Phi) is 11.9. The fourth-order valence-corrected chi connectivity index (χ4v) is 9.43. The number of nitrogens with two attached hydrogens (primary N) is 2. The fourth-order valence-electron chi connectivity index (χ4n) is 7.96. The van der Waals surface area contributed by atoms with E-state index in [1.165, 1.54) is 24.8 Å². The SMILES string of the molecule is CCS(=O)(=O)n1cc([C@@H]2C[C@H]2C(=O)Nc2cc3cc(-c4cnccc4C)nc(N)c3cn2)cn1.CCS(=O)(=O)n1cc([C@H]2C[C@@H]2C(=O)Nc2cc3cc(-c4cnccc4C)nc(N)c3cn2)cn1. The number of nitrogens with zero attached hydrogens (tertiary/aromatic N) is 10. The third-order valence-electron chi connectivity index (χ3n) is 12.2. The Balaban J connectivity index is 0.000000170. The monoisotopic (exact) mass is 954 g/mol. The van der Waals surface area contributed by atoms with Crippen LogP contribution in [0.4, 0.5) is 23.3 Å². The van der Waals surface area contributed by atoms with E-state index in [0.717, 1.165) is 52.3 Å². The van der Waals surface area contributed by atoms with Crippen molar-refractivity contribution in [3.8, 4) is 22.5 Å². The Morgan fingerprint density at radius 3 is 1.43 bits per heavy atom. The van der Waals surface area contributed by atoms with Crippen LogP contribution in [0.2, 0.25) is 0 Å². The van der Waals surface area contributed by atoms with Gasteiger partial charge in [0.1, 0.15) is 23.3 Å². The van der Waals surface area contributed by atoms with Gasteiger partial charge in [-0.25, -0.2) is 36.8 Å². The second-order valence-electron chi connectivity index (χ2n) is 16.7. The molecule has 0 radical (unpaired) electrons. The molecule has 348 valence electrons. The largest absolute Gasteiger partial charge is 0.383 e. The first kappa shape index (κ1) is 45.4. The van der Waals surface area contributed by atoms with E-state index in [1.54, 1.807) is 63.2 Å². The maximum Gasteiger partial charge on any atom is 0.253 e. The van der Waals surface area contributed by atoms with Gasteiger partial charge in [-0.2, -0.15) is 18.4 Å². The number of nitrogen functional groups attached to an aromatic ring is 2. The molecule has 2 aliphatic rings. The van der Waals surface area contributed by atoms with Gasteiger partial charge in [0.15, 0.2) is 0 Å². The van der Waals surface area contributed by atoms with Gasteiger partial charge in [-0.05, 0) is 122 Å². The Bertz CT molecular complexity index is 3290. The molecule has 6 N–H and O–H groups in total. The minimum absolute atomic E-state index is 0.0432. The molecule has 2 fully saturated rings. The van der Waals surface area contributed by atoms with Gasteiger partial charge in [0.05, 0.1) is 35.3 Å². The van der Waals surface area contributed by atoms with E-state index in [-0.39, 0.29) is 47.0 Å². The second kappa shape index (κ2) is 17.8. The molecule has 2 saturated carbocycles. The van der Waals surface area contributed by atoms with Crippen LogP contribution in [-0.4, -0.2) is 88.4 Å². The Morgan fingerprint density at radius 2 is 1.04 bits per heavy atom. The summed E-state index contributed by atoms with van der Waals surface area (Å²) >= 11 is 0. The lowest BCUT2D eigenvalue weighted by molar-refractivity contribution is -0.118. The molecule has 0 bridgehead atoms. The molecule has 0 saturated heterocycles. The zero-order valence-corrected chi connectivity index (χ0v) is 38.9. The molecule has 2 amide bonds. The molecule has 68 heavy (non-hydrogen) atoms. The van der Waals surface area contributed by atoms with Crippen LogP contribution < -0.4 is 22.1 Å². The van der Waals surface area contributed by atoms with Crippen molar-refractivity contribution in [3.05, 3.63) is 121 Å². The van der Waals surface area contributed by atoms with Crippen molar-refractivity contribution in [3.63, 3.8) is 0 Å². The number of aryl methyl sites for hydroxylation is 2. The number of pyridine rings is 6. The maximum atomic E-state index is 12.8. The lowest BCUT2D eigenvalue weighted by Crippen LogP contribution is -2.16. The molecule has 8 aromatic rings.